The van der Waals surface area contributed by atoms with Gasteiger partial charge in [0.2, 0.25) is 0 Å². The molecule has 0 aliphatic rings. The van der Waals surface area contributed by atoms with Crippen molar-refractivity contribution in [3.05, 3.63) is 0 Å². The molecule has 0 saturated carbocycles. The summed E-state index contributed by atoms with van der Waals surface area (Å²) in [5, 5.41) is 0.225. The highest BCUT2D eigenvalue weighted by molar-refractivity contribution is 7.80. The molecule has 0 spiro atoms. The third-order valence-corrected chi connectivity index (χ3v) is 0.628. The molecule has 4 nitrogen and oxygen atoms in total. The second kappa shape index (κ2) is 3.79. The summed E-state index contributed by atoms with van der Waals surface area (Å²) in [5.74, 6) is 4.78. The summed E-state index contributed by atoms with van der Waals surface area (Å²) in [4.78, 5) is 0. The lowest BCUT2D eigenvalue weighted by molar-refractivity contribution is 0.382. The third kappa shape index (κ3) is 3.44. The Labute approximate surface area is 47.0 Å². The largest absolute Gasteiger partial charge is 0.473 e. The molecule has 0 aliphatic heterocycles. The van der Waals surface area contributed by atoms with Crippen molar-refractivity contribution < 1.29 is 4.74 Å². The van der Waals surface area contributed by atoms with Crippen molar-refractivity contribution in [2.75, 3.05) is 7.11 Å². The second-order valence-corrected chi connectivity index (χ2v) is 1.13. The standard InChI is InChI=1S/C2H7N3OS/c1-6-2(7)4-5-3/h5H,3H2,1H3,(H,4,7). The van der Waals surface area contributed by atoms with Gasteiger partial charge in [-0.05, 0) is 12.2 Å². The summed E-state index contributed by atoms with van der Waals surface area (Å²) in [7, 11) is 1.45. The number of hydrogen-bond donors (Lipinski definition) is 3. The topological polar surface area (TPSA) is 59.3 Å². The quantitative estimate of drug-likeness (QED) is 0.233. The lowest BCUT2D eigenvalue weighted by Crippen LogP contribution is -2.41. The van der Waals surface area contributed by atoms with Crippen LogP contribution >= 0.6 is 12.2 Å². The molecule has 7 heavy (non-hydrogen) atoms. The van der Waals surface area contributed by atoms with Crippen LogP contribution in [0.25, 0.3) is 0 Å². The molecule has 0 radical (unpaired) electrons. The zero-order valence-electron chi connectivity index (χ0n) is 3.89. The van der Waals surface area contributed by atoms with Crippen molar-refractivity contribution in [3.8, 4) is 0 Å². The average Bonchev–Trinajstić information content (AvgIpc) is 1.68. The molecule has 0 aromatic carbocycles. The predicted octanol–water partition coefficient (Wildman–Crippen LogP) is -1.11. The molecule has 0 fully saturated rings. The minimum absolute atomic E-state index is 0.225. The van der Waals surface area contributed by atoms with Crippen LogP contribution in [0.3, 0.4) is 0 Å². The first kappa shape index (κ1) is 6.61. The number of methoxy groups -OCH3 is 1. The molecule has 4 N–H and O–H groups in total. The van der Waals surface area contributed by atoms with E-state index in [0.29, 0.717) is 0 Å². The maximum atomic E-state index is 4.78. The average molecular weight is 121 g/mol. The van der Waals surface area contributed by atoms with Gasteiger partial charge in [-0.3, -0.25) is 11.3 Å². The van der Waals surface area contributed by atoms with E-state index in [1.807, 2.05) is 0 Å². The van der Waals surface area contributed by atoms with Crippen LogP contribution in [-0.4, -0.2) is 12.3 Å². The van der Waals surface area contributed by atoms with E-state index in [1.54, 1.807) is 0 Å². The Morgan fingerprint density at radius 1 is 1.86 bits per heavy atom. The molecule has 0 rings (SSSR count). The highest BCUT2D eigenvalue weighted by atomic mass is 32.1. The van der Waals surface area contributed by atoms with E-state index in [1.165, 1.54) is 7.11 Å². The van der Waals surface area contributed by atoms with Crippen LogP contribution in [0.4, 0.5) is 0 Å². The molecule has 0 atom stereocenters. The Kier molecular flexibility index (Phi) is 3.58. The van der Waals surface area contributed by atoms with Crippen LogP contribution in [0.5, 0.6) is 0 Å². The van der Waals surface area contributed by atoms with E-state index in [4.69, 9.17) is 5.84 Å². The number of nitrogens with one attached hydrogen (secondary N) is 2. The van der Waals surface area contributed by atoms with Crippen LogP contribution in [0.1, 0.15) is 0 Å². The van der Waals surface area contributed by atoms with Crippen LogP contribution < -0.4 is 16.8 Å². The second-order valence-electron chi connectivity index (χ2n) is 0.761. The van der Waals surface area contributed by atoms with Gasteiger partial charge in [-0.25, -0.2) is 0 Å². The van der Waals surface area contributed by atoms with E-state index in [-0.39, 0.29) is 5.17 Å². The van der Waals surface area contributed by atoms with E-state index in [9.17, 15) is 0 Å². The molecule has 0 bridgehead atoms. The third-order valence-electron chi connectivity index (χ3n) is 0.360. The van der Waals surface area contributed by atoms with Gasteiger partial charge >= 0.3 is 0 Å². The number of hydrogen-bond acceptors (Lipinski definition) is 4. The molecule has 42 valence electrons. The van der Waals surface area contributed by atoms with E-state index in [0.717, 1.165) is 0 Å². The minimum Gasteiger partial charge on any atom is -0.473 e. The van der Waals surface area contributed by atoms with E-state index >= 15 is 0 Å². The Morgan fingerprint density at radius 3 is 2.57 bits per heavy atom. The Bertz CT molecular complexity index is 66.0. The van der Waals surface area contributed by atoms with Crippen molar-refractivity contribution in [1.82, 2.24) is 11.0 Å². The van der Waals surface area contributed by atoms with Gasteiger partial charge in [0.1, 0.15) is 0 Å². The Balaban J connectivity index is 3.00. The molecular weight excluding hydrogens is 114 g/mol. The fourth-order valence-corrected chi connectivity index (χ4v) is 0.169. The molecule has 0 aromatic rings. The van der Waals surface area contributed by atoms with Crippen molar-refractivity contribution in [3.63, 3.8) is 0 Å². The normalized spacial score (nSPS) is 7.71. The Hall–Kier alpha value is -0.390. The molecule has 0 amide bonds. The summed E-state index contributed by atoms with van der Waals surface area (Å²) in [6.45, 7) is 0. The maximum Gasteiger partial charge on any atom is 0.272 e. The summed E-state index contributed by atoms with van der Waals surface area (Å²) in [5.41, 5.74) is 4.43. The van der Waals surface area contributed by atoms with E-state index < -0.39 is 0 Å². The van der Waals surface area contributed by atoms with Gasteiger partial charge in [-0.2, -0.15) is 5.53 Å². The zero-order valence-corrected chi connectivity index (χ0v) is 4.71. The van der Waals surface area contributed by atoms with Gasteiger partial charge in [-0.1, -0.05) is 0 Å². The number of ether oxygens (including phenoxy) is 1. The fourth-order valence-electron chi connectivity index (χ4n) is 0.110. The predicted molar refractivity (Wildman–Crippen MR) is 30.1 cm³/mol. The van der Waals surface area contributed by atoms with Gasteiger partial charge in [0, 0.05) is 0 Å². The number of hydrazine groups is 2. The molecule has 5 heteroatoms. The van der Waals surface area contributed by atoms with Gasteiger partial charge in [-0.15, -0.1) is 0 Å². The summed E-state index contributed by atoms with van der Waals surface area (Å²) in [6.07, 6.45) is 0. The summed E-state index contributed by atoms with van der Waals surface area (Å²) in [6, 6.07) is 0. The van der Waals surface area contributed by atoms with Gasteiger partial charge in [0.15, 0.2) is 0 Å². The van der Waals surface area contributed by atoms with Crippen molar-refractivity contribution >= 4 is 17.4 Å². The van der Waals surface area contributed by atoms with Crippen LogP contribution in [0.15, 0.2) is 0 Å². The first-order valence-corrected chi connectivity index (χ1v) is 2.01. The monoisotopic (exact) mass is 121 g/mol. The molecule has 0 aliphatic carbocycles. The van der Waals surface area contributed by atoms with Crippen LogP contribution in [0, 0.1) is 0 Å². The molecule has 0 unspecified atom stereocenters. The van der Waals surface area contributed by atoms with Crippen LogP contribution in [0.2, 0.25) is 0 Å². The van der Waals surface area contributed by atoms with Crippen molar-refractivity contribution in [2.45, 2.75) is 0 Å². The first-order valence-electron chi connectivity index (χ1n) is 1.61. The SMILES string of the molecule is COC(=S)NNN. The van der Waals surface area contributed by atoms with Gasteiger partial charge in [0.05, 0.1) is 7.11 Å². The number of thiocarbonyl (C=S) groups is 1. The van der Waals surface area contributed by atoms with E-state index in [2.05, 4.69) is 27.9 Å². The van der Waals surface area contributed by atoms with Gasteiger partial charge < -0.3 is 4.74 Å². The van der Waals surface area contributed by atoms with Gasteiger partial charge in [0.25, 0.3) is 5.17 Å². The highest BCUT2D eigenvalue weighted by Gasteiger charge is 1.83. The smallest absolute Gasteiger partial charge is 0.272 e. The number of rotatable bonds is 1. The summed E-state index contributed by atoms with van der Waals surface area (Å²) < 4.78 is 4.47. The highest BCUT2D eigenvalue weighted by Crippen LogP contribution is 1.64. The molecule has 0 saturated heterocycles. The fraction of sp³-hybridized carbons (Fsp3) is 0.500. The molecule has 0 aromatic heterocycles. The first-order chi connectivity index (χ1) is 3.31. The maximum absolute atomic E-state index is 4.78. The minimum atomic E-state index is 0.225. The lowest BCUT2D eigenvalue weighted by Gasteiger charge is -2.00. The lowest BCUT2D eigenvalue weighted by atomic mass is 11.3. The Morgan fingerprint density at radius 2 is 2.43 bits per heavy atom. The molecular formula is C2H7N3OS. The van der Waals surface area contributed by atoms with Crippen molar-refractivity contribution in [1.29, 1.82) is 0 Å². The molecule has 0 heterocycles. The summed E-state index contributed by atoms with van der Waals surface area (Å²) >= 11 is 4.48. The number of nitrogens with two attached hydrogens (primary N) is 1. The zero-order chi connectivity index (χ0) is 5.70. The van der Waals surface area contributed by atoms with Crippen molar-refractivity contribution in [2.24, 2.45) is 5.84 Å². The van der Waals surface area contributed by atoms with Crippen LogP contribution in [-0.2, 0) is 4.74 Å².